The van der Waals surface area contributed by atoms with E-state index in [1.54, 1.807) is 0 Å². The van der Waals surface area contributed by atoms with Crippen LogP contribution >= 0.6 is 0 Å². The van der Waals surface area contributed by atoms with E-state index in [0.29, 0.717) is 18.2 Å². The second-order valence-corrected chi connectivity index (χ2v) is 6.23. The van der Waals surface area contributed by atoms with Gasteiger partial charge in [-0.2, -0.15) is 0 Å². The maximum Gasteiger partial charge on any atom is 0.151 e. The fourth-order valence-corrected chi connectivity index (χ4v) is 2.79. The summed E-state index contributed by atoms with van der Waals surface area (Å²) < 4.78 is 26.4. The third-order valence-corrected chi connectivity index (χ3v) is 4.91. The first-order valence-electron chi connectivity index (χ1n) is 6.16. The van der Waals surface area contributed by atoms with Crippen molar-refractivity contribution < 1.29 is 8.78 Å². The number of nitrogens with two attached hydrogens (primary N) is 1. The van der Waals surface area contributed by atoms with Gasteiger partial charge in [-0.25, -0.2) is 8.78 Å². The highest BCUT2D eigenvalue weighted by molar-refractivity contribution is 5.66. The van der Waals surface area contributed by atoms with Crippen molar-refractivity contribution in [3.05, 3.63) is 23.8 Å². The van der Waals surface area contributed by atoms with E-state index in [0.717, 1.165) is 6.07 Å². The summed E-state index contributed by atoms with van der Waals surface area (Å²) in [6.45, 7) is 9.49. The molecule has 0 unspecified atom stereocenters. The molecule has 2 nitrogen and oxygen atoms in total. The van der Waals surface area contributed by atoms with Crippen LogP contribution < -0.4 is 11.1 Å². The van der Waals surface area contributed by atoms with Crippen LogP contribution in [0.25, 0.3) is 0 Å². The van der Waals surface area contributed by atoms with Crippen LogP contribution in [-0.4, -0.2) is 6.54 Å². The normalized spacial score (nSPS) is 20.8. The second-order valence-electron chi connectivity index (χ2n) is 6.23. The van der Waals surface area contributed by atoms with Gasteiger partial charge >= 0.3 is 0 Å². The molecular formula is C14H20F2N2. The van der Waals surface area contributed by atoms with Gasteiger partial charge in [0.2, 0.25) is 0 Å². The van der Waals surface area contributed by atoms with Gasteiger partial charge in [0.05, 0.1) is 11.4 Å². The summed E-state index contributed by atoms with van der Waals surface area (Å²) in [5, 5.41) is 3.06. The van der Waals surface area contributed by atoms with E-state index in [2.05, 4.69) is 33.0 Å². The van der Waals surface area contributed by atoms with E-state index in [9.17, 15) is 8.78 Å². The number of rotatable bonds is 3. The lowest BCUT2D eigenvalue weighted by atomic mass is 10.0. The molecule has 0 bridgehead atoms. The van der Waals surface area contributed by atoms with Crippen LogP contribution in [0.1, 0.15) is 27.7 Å². The van der Waals surface area contributed by atoms with Crippen LogP contribution in [0.15, 0.2) is 12.1 Å². The molecular weight excluding hydrogens is 234 g/mol. The van der Waals surface area contributed by atoms with Crippen molar-refractivity contribution >= 4 is 11.4 Å². The summed E-state index contributed by atoms with van der Waals surface area (Å²) in [6.07, 6.45) is 0. The molecule has 1 aliphatic carbocycles. The predicted octanol–water partition coefficient (Wildman–Crippen LogP) is 3.64. The Morgan fingerprint density at radius 2 is 1.72 bits per heavy atom. The second kappa shape index (κ2) is 3.84. The molecule has 18 heavy (non-hydrogen) atoms. The van der Waals surface area contributed by atoms with Crippen molar-refractivity contribution in [2.45, 2.75) is 27.7 Å². The van der Waals surface area contributed by atoms with Crippen molar-refractivity contribution in [1.29, 1.82) is 0 Å². The van der Waals surface area contributed by atoms with Gasteiger partial charge in [0.25, 0.3) is 0 Å². The number of nitrogen functional groups attached to an aromatic ring is 1. The lowest BCUT2D eigenvalue weighted by molar-refractivity contribution is 0.457. The smallest absolute Gasteiger partial charge is 0.151 e. The quantitative estimate of drug-likeness (QED) is 0.808. The average molecular weight is 254 g/mol. The number of nitrogens with one attached hydrogen (secondary N) is 1. The van der Waals surface area contributed by atoms with Crippen LogP contribution in [-0.2, 0) is 0 Å². The summed E-state index contributed by atoms with van der Waals surface area (Å²) in [5.74, 6) is -0.860. The largest absolute Gasteiger partial charge is 0.395 e. The molecule has 0 heterocycles. The Bertz CT molecular complexity index is 467. The number of hydrogen-bond acceptors (Lipinski definition) is 2. The Balaban J connectivity index is 2.09. The van der Waals surface area contributed by atoms with Crippen molar-refractivity contribution in [2.24, 2.45) is 16.7 Å². The zero-order valence-electron chi connectivity index (χ0n) is 11.3. The van der Waals surface area contributed by atoms with Crippen LogP contribution in [0.3, 0.4) is 0 Å². The molecule has 3 N–H and O–H groups in total. The highest BCUT2D eigenvalue weighted by Gasteiger charge is 2.64. The van der Waals surface area contributed by atoms with Crippen LogP contribution in [0, 0.1) is 28.4 Å². The molecule has 4 heteroatoms. The summed E-state index contributed by atoms with van der Waals surface area (Å²) in [5.41, 5.74) is 6.38. The fraction of sp³-hybridized carbons (Fsp3) is 0.571. The molecule has 1 aliphatic rings. The molecule has 0 aromatic heterocycles. The van der Waals surface area contributed by atoms with Gasteiger partial charge < -0.3 is 11.1 Å². The average Bonchev–Trinajstić information content (AvgIpc) is 2.62. The zero-order valence-corrected chi connectivity index (χ0v) is 11.3. The first-order valence-corrected chi connectivity index (χ1v) is 6.16. The molecule has 1 fully saturated rings. The SMILES string of the molecule is CC1(C)C(CNc2cc(F)cc(F)c2N)C1(C)C. The molecule has 100 valence electrons. The van der Waals surface area contributed by atoms with Crippen LogP contribution in [0.4, 0.5) is 20.2 Å². The van der Waals surface area contributed by atoms with Crippen LogP contribution in [0.5, 0.6) is 0 Å². The van der Waals surface area contributed by atoms with Gasteiger partial charge in [0.15, 0.2) is 5.82 Å². The van der Waals surface area contributed by atoms with E-state index in [-0.39, 0.29) is 16.5 Å². The summed E-state index contributed by atoms with van der Waals surface area (Å²) in [6, 6.07) is 2.03. The Morgan fingerprint density at radius 1 is 1.17 bits per heavy atom. The summed E-state index contributed by atoms with van der Waals surface area (Å²) in [7, 11) is 0. The maximum atomic E-state index is 13.3. The van der Waals surface area contributed by atoms with Gasteiger partial charge in [-0.05, 0) is 22.8 Å². The van der Waals surface area contributed by atoms with Gasteiger partial charge in [-0.3, -0.25) is 0 Å². The molecule has 0 aliphatic heterocycles. The van der Waals surface area contributed by atoms with Gasteiger partial charge in [-0.15, -0.1) is 0 Å². The number of hydrogen-bond donors (Lipinski definition) is 2. The Hall–Kier alpha value is -1.32. The molecule has 2 rings (SSSR count). The van der Waals surface area contributed by atoms with E-state index < -0.39 is 11.6 Å². The van der Waals surface area contributed by atoms with E-state index in [4.69, 9.17) is 5.73 Å². The van der Waals surface area contributed by atoms with Crippen molar-refractivity contribution in [3.63, 3.8) is 0 Å². The van der Waals surface area contributed by atoms with E-state index >= 15 is 0 Å². The van der Waals surface area contributed by atoms with Crippen molar-refractivity contribution in [1.82, 2.24) is 0 Å². The lowest BCUT2D eigenvalue weighted by Crippen LogP contribution is -2.10. The molecule has 1 aromatic rings. The Labute approximate surface area is 107 Å². The highest BCUT2D eigenvalue weighted by Crippen LogP contribution is 2.68. The summed E-state index contributed by atoms with van der Waals surface area (Å²) in [4.78, 5) is 0. The molecule has 0 spiro atoms. The molecule has 0 radical (unpaired) electrons. The number of halogens is 2. The molecule has 0 amide bonds. The minimum atomic E-state index is -0.716. The maximum absolute atomic E-state index is 13.3. The van der Waals surface area contributed by atoms with Crippen LogP contribution in [0.2, 0.25) is 0 Å². The molecule has 0 saturated heterocycles. The van der Waals surface area contributed by atoms with E-state index in [1.807, 2.05) is 0 Å². The van der Waals surface area contributed by atoms with Crippen molar-refractivity contribution in [2.75, 3.05) is 17.6 Å². The first-order chi connectivity index (χ1) is 8.18. The predicted molar refractivity (Wildman–Crippen MR) is 70.3 cm³/mol. The van der Waals surface area contributed by atoms with Gasteiger partial charge in [0, 0.05) is 12.6 Å². The minimum absolute atomic E-state index is 0.0207. The Kier molecular flexibility index (Phi) is 2.80. The van der Waals surface area contributed by atoms with Gasteiger partial charge in [-0.1, -0.05) is 27.7 Å². The first kappa shape index (κ1) is 13.1. The molecule has 0 atom stereocenters. The topological polar surface area (TPSA) is 38.0 Å². The van der Waals surface area contributed by atoms with Crippen molar-refractivity contribution in [3.8, 4) is 0 Å². The Morgan fingerprint density at radius 3 is 2.22 bits per heavy atom. The monoisotopic (exact) mass is 254 g/mol. The zero-order chi connectivity index (χ0) is 13.7. The highest BCUT2D eigenvalue weighted by atomic mass is 19.1. The number of anilines is 2. The minimum Gasteiger partial charge on any atom is -0.395 e. The van der Waals surface area contributed by atoms with E-state index in [1.165, 1.54) is 6.07 Å². The standard InChI is InChI=1S/C14H20F2N2/c1-13(2)11(14(13,3)4)7-18-10-6-8(15)5-9(16)12(10)17/h5-6,11,18H,7,17H2,1-4H3. The molecule has 1 aromatic carbocycles. The number of benzene rings is 1. The fourth-order valence-electron chi connectivity index (χ4n) is 2.79. The third-order valence-electron chi connectivity index (χ3n) is 4.91. The third kappa shape index (κ3) is 1.84. The summed E-state index contributed by atoms with van der Waals surface area (Å²) >= 11 is 0. The van der Waals surface area contributed by atoms with Gasteiger partial charge in [0.1, 0.15) is 5.82 Å². The lowest BCUT2D eigenvalue weighted by Gasteiger charge is -2.11. The molecule has 1 saturated carbocycles.